The monoisotopic (exact) mass is 372 g/mol. The van der Waals surface area contributed by atoms with Gasteiger partial charge >= 0.3 is 0 Å². The third kappa shape index (κ3) is 2.79. The highest BCUT2D eigenvalue weighted by atomic mass is 19.1. The lowest BCUT2D eigenvalue weighted by molar-refractivity contribution is 0.102. The third-order valence-electron chi connectivity index (χ3n) is 4.48. The number of anilines is 1. The predicted molar refractivity (Wildman–Crippen MR) is 103 cm³/mol. The van der Waals surface area contributed by atoms with Gasteiger partial charge in [0.15, 0.2) is 0 Å². The second-order valence-corrected chi connectivity index (χ2v) is 6.33. The molecule has 6 nitrogen and oxygen atoms in total. The van der Waals surface area contributed by atoms with Crippen LogP contribution in [0.1, 0.15) is 10.5 Å². The third-order valence-corrected chi connectivity index (χ3v) is 4.48. The summed E-state index contributed by atoms with van der Waals surface area (Å²) in [7, 11) is 0. The number of pyridine rings is 1. The highest BCUT2D eigenvalue weighted by Gasteiger charge is 2.15. The maximum atomic E-state index is 13.4. The minimum Gasteiger partial charge on any atom is -0.349 e. The molecule has 3 aromatic heterocycles. The van der Waals surface area contributed by atoms with E-state index in [0.29, 0.717) is 17.0 Å². The molecule has 7 heteroatoms. The number of carbonyl (C=O) groups excluding carboxylic acids is 1. The smallest absolute Gasteiger partial charge is 0.274 e. The lowest BCUT2D eigenvalue weighted by Gasteiger charge is -1.98. The molecule has 0 saturated carbocycles. The van der Waals surface area contributed by atoms with Gasteiger partial charge in [-0.2, -0.15) is 0 Å². The van der Waals surface area contributed by atoms with Gasteiger partial charge < -0.3 is 9.51 Å². The van der Waals surface area contributed by atoms with Crippen molar-refractivity contribution in [2.75, 3.05) is 5.32 Å². The van der Waals surface area contributed by atoms with Crippen LogP contribution < -0.4 is 5.32 Å². The minimum absolute atomic E-state index is 0.172. The molecule has 0 saturated heterocycles. The summed E-state index contributed by atoms with van der Waals surface area (Å²) in [6.07, 6.45) is 1.71. The summed E-state index contributed by atoms with van der Waals surface area (Å²) in [6.45, 7) is 0. The number of aromatic nitrogens is 3. The molecule has 28 heavy (non-hydrogen) atoms. The number of rotatable bonds is 3. The Morgan fingerprint density at radius 3 is 2.82 bits per heavy atom. The van der Waals surface area contributed by atoms with Crippen molar-refractivity contribution in [2.24, 2.45) is 0 Å². The Kier molecular flexibility index (Phi) is 3.65. The largest absolute Gasteiger partial charge is 0.349 e. The molecule has 0 aliphatic carbocycles. The second kappa shape index (κ2) is 6.31. The summed E-state index contributed by atoms with van der Waals surface area (Å²) in [5.74, 6) is -0.571. The van der Waals surface area contributed by atoms with Crippen molar-refractivity contribution >= 4 is 33.6 Å². The van der Waals surface area contributed by atoms with Gasteiger partial charge in [-0.1, -0.05) is 35.5 Å². The lowest BCUT2D eigenvalue weighted by atomic mass is 10.1. The van der Waals surface area contributed by atoms with Crippen LogP contribution in [0.5, 0.6) is 0 Å². The molecule has 1 amide bonds. The zero-order valence-electron chi connectivity index (χ0n) is 14.4. The van der Waals surface area contributed by atoms with Crippen molar-refractivity contribution < 1.29 is 13.7 Å². The van der Waals surface area contributed by atoms with Gasteiger partial charge in [-0.05, 0) is 24.3 Å². The fourth-order valence-corrected chi connectivity index (χ4v) is 3.16. The average Bonchev–Trinajstić information content (AvgIpc) is 3.35. The molecule has 0 aliphatic heterocycles. The molecule has 2 N–H and O–H groups in total. The van der Waals surface area contributed by atoms with E-state index in [1.54, 1.807) is 30.5 Å². The fourth-order valence-electron chi connectivity index (χ4n) is 3.16. The summed E-state index contributed by atoms with van der Waals surface area (Å²) in [5.41, 5.74) is 2.96. The van der Waals surface area contributed by atoms with Gasteiger partial charge in [0.2, 0.25) is 5.88 Å². The molecule has 136 valence electrons. The van der Waals surface area contributed by atoms with E-state index in [9.17, 15) is 9.18 Å². The van der Waals surface area contributed by atoms with E-state index in [-0.39, 0.29) is 17.6 Å². The van der Waals surface area contributed by atoms with Crippen molar-refractivity contribution in [3.63, 3.8) is 0 Å². The van der Waals surface area contributed by atoms with Gasteiger partial charge in [-0.15, -0.1) is 0 Å². The first-order valence-electron chi connectivity index (χ1n) is 8.58. The van der Waals surface area contributed by atoms with Crippen LogP contribution in [0, 0.1) is 5.82 Å². The SMILES string of the molecule is O=C(Nc1cc(-c2cccc(F)c2)no1)c1cc2ccc3cccnc3c2[nH]1. The number of carbonyl (C=O) groups is 1. The van der Waals surface area contributed by atoms with E-state index in [2.05, 4.69) is 20.4 Å². The summed E-state index contributed by atoms with van der Waals surface area (Å²) in [6, 6.07) is 17.0. The van der Waals surface area contributed by atoms with Crippen molar-refractivity contribution in [3.8, 4) is 11.3 Å². The molecule has 0 radical (unpaired) electrons. The van der Waals surface area contributed by atoms with Crippen LogP contribution in [0.3, 0.4) is 0 Å². The van der Waals surface area contributed by atoms with Gasteiger partial charge in [0.1, 0.15) is 17.2 Å². The van der Waals surface area contributed by atoms with Crippen LogP contribution >= 0.6 is 0 Å². The summed E-state index contributed by atoms with van der Waals surface area (Å²) in [5, 5.41) is 8.41. The number of fused-ring (bicyclic) bond motifs is 3. The highest BCUT2D eigenvalue weighted by Crippen LogP contribution is 2.25. The fraction of sp³-hybridized carbons (Fsp3) is 0. The Labute approximate surface area is 158 Å². The zero-order valence-corrected chi connectivity index (χ0v) is 14.4. The molecule has 2 aromatic carbocycles. The van der Waals surface area contributed by atoms with Gasteiger partial charge in [0.25, 0.3) is 5.91 Å². The molecule has 5 aromatic rings. The molecular weight excluding hydrogens is 359 g/mol. The number of aromatic amines is 1. The summed E-state index contributed by atoms with van der Waals surface area (Å²) in [4.78, 5) is 20.1. The van der Waals surface area contributed by atoms with Crippen LogP contribution in [0.2, 0.25) is 0 Å². The van der Waals surface area contributed by atoms with Crippen LogP contribution in [0.15, 0.2) is 71.4 Å². The van der Waals surface area contributed by atoms with Crippen molar-refractivity contribution in [3.05, 3.63) is 78.4 Å². The van der Waals surface area contributed by atoms with Crippen molar-refractivity contribution in [1.29, 1.82) is 0 Å². The first kappa shape index (κ1) is 16.2. The predicted octanol–water partition coefficient (Wildman–Crippen LogP) is 4.76. The van der Waals surface area contributed by atoms with Gasteiger partial charge in [0.05, 0.1) is 11.0 Å². The number of nitrogens with one attached hydrogen (secondary N) is 2. The van der Waals surface area contributed by atoms with E-state index >= 15 is 0 Å². The normalized spacial score (nSPS) is 11.2. The zero-order chi connectivity index (χ0) is 19.1. The molecule has 0 spiro atoms. The summed E-state index contributed by atoms with van der Waals surface area (Å²) >= 11 is 0. The molecule has 5 rings (SSSR count). The van der Waals surface area contributed by atoms with Gasteiger partial charge in [-0.25, -0.2) is 4.39 Å². The number of hydrogen-bond acceptors (Lipinski definition) is 4. The Balaban J connectivity index is 1.44. The van der Waals surface area contributed by atoms with Crippen LogP contribution in [0.4, 0.5) is 10.3 Å². The molecule has 0 fully saturated rings. The quantitative estimate of drug-likeness (QED) is 0.478. The van der Waals surface area contributed by atoms with Gasteiger partial charge in [0, 0.05) is 28.6 Å². The van der Waals surface area contributed by atoms with E-state index in [4.69, 9.17) is 4.52 Å². The number of halogens is 1. The topological polar surface area (TPSA) is 83.8 Å². The Hall–Kier alpha value is -4.00. The number of H-pyrrole nitrogens is 1. The number of hydrogen-bond donors (Lipinski definition) is 2. The van der Waals surface area contributed by atoms with E-state index in [0.717, 1.165) is 21.8 Å². The molecule has 0 aliphatic rings. The first-order chi connectivity index (χ1) is 13.7. The Bertz CT molecular complexity index is 1340. The molecule has 0 unspecified atom stereocenters. The Morgan fingerprint density at radius 1 is 1.04 bits per heavy atom. The second-order valence-electron chi connectivity index (χ2n) is 6.33. The van der Waals surface area contributed by atoms with E-state index < -0.39 is 0 Å². The van der Waals surface area contributed by atoms with Crippen molar-refractivity contribution in [2.45, 2.75) is 0 Å². The number of amides is 1. The average molecular weight is 372 g/mol. The Morgan fingerprint density at radius 2 is 1.93 bits per heavy atom. The minimum atomic E-state index is -0.373. The van der Waals surface area contributed by atoms with Crippen molar-refractivity contribution in [1.82, 2.24) is 15.1 Å². The maximum Gasteiger partial charge on any atom is 0.274 e. The van der Waals surface area contributed by atoms with Gasteiger partial charge in [-0.3, -0.25) is 15.1 Å². The molecule has 3 heterocycles. The van der Waals surface area contributed by atoms with E-state index in [1.165, 1.54) is 12.1 Å². The number of nitrogens with zero attached hydrogens (tertiary/aromatic N) is 2. The highest BCUT2D eigenvalue weighted by molar-refractivity contribution is 6.10. The van der Waals surface area contributed by atoms with Crippen LogP contribution in [0.25, 0.3) is 33.1 Å². The lowest BCUT2D eigenvalue weighted by Crippen LogP contribution is -2.11. The van der Waals surface area contributed by atoms with Crippen LogP contribution in [-0.2, 0) is 0 Å². The van der Waals surface area contributed by atoms with Crippen LogP contribution in [-0.4, -0.2) is 21.0 Å². The van der Waals surface area contributed by atoms with E-state index in [1.807, 2.05) is 24.3 Å². The molecular formula is C21H13FN4O2. The summed E-state index contributed by atoms with van der Waals surface area (Å²) < 4.78 is 18.5. The molecule has 0 bridgehead atoms. The molecule has 0 atom stereocenters. The standard InChI is InChI=1S/C21H13FN4O2/c22-15-5-1-3-13(9-15)16-11-18(28-26-16)25-21(27)17-10-14-7-6-12-4-2-8-23-19(12)20(14)24-17/h1-11,24H,(H,25,27). The maximum absolute atomic E-state index is 13.4. The number of benzene rings is 2. The first-order valence-corrected chi connectivity index (χ1v) is 8.58.